The van der Waals surface area contributed by atoms with Crippen LogP contribution < -0.4 is 16.6 Å². The second-order valence-electron chi connectivity index (χ2n) is 7.82. The van der Waals surface area contributed by atoms with Crippen LogP contribution in [0, 0.1) is 18.3 Å². The average Bonchev–Trinajstić information content (AvgIpc) is 3.38. The summed E-state index contributed by atoms with van der Waals surface area (Å²) in [6, 6.07) is 10.6. The zero-order valence-electron chi connectivity index (χ0n) is 18.8. The first-order valence-corrected chi connectivity index (χ1v) is 10.6. The lowest BCUT2D eigenvalue weighted by atomic mass is 9.99. The van der Waals surface area contributed by atoms with Crippen LogP contribution in [0.4, 0.5) is 11.6 Å². The Morgan fingerprint density at radius 3 is 2.69 bits per heavy atom. The van der Waals surface area contributed by atoms with Gasteiger partial charge in [0.2, 0.25) is 0 Å². The van der Waals surface area contributed by atoms with E-state index in [1.165, 1.54) is 17.2 Å². The third-order valence-electron chi connectivity index (χ3n) is 5.61. The Balaban J connectivity index is 1.73. The second kappa shape index (κ2) is 8.68. The van der Waals surface area contributed by atoms with Crippen molar-refractivity contribution in [2.24, 2.45) is 0 Å². The fourth-order valence-corrected chi connectivity index (χ4v) is 3.93. The van der Waals surface area contributed by atoms with Gasteiger partial charge < -0.3 is 15.6 Å². The van der Waals surface area contributed by atoms with Crippen molar-refractivity contribution in [3.8, 4) is 23.0 Å². The van der Waals surface area contributed by atoms with Crippen molar-refractivity contribution >= 4 is 22.4 Å². The highest BCUT2D eigenvalue weighted by molar-refractivity contribution is 5.96. The summed E-state index contributed by atoms with van der Waals surface area (Å²) in [5, 5.41) is 17.9. The minimum absolute atomic E-state index is 0.0644. The first kappa shape index (κ1) is 21.7. The van der Waals surface area contributed by atoms with Gasteiger partial charge in [0, 0.05) is 24.0 Å². The van der Waals surface area contributed by atoms with Gasteiger partial charge in [-0.15, -0.1) is 0 Å². The van der Waals surface area contributed by atoms with E-state index in [9.17, 15) is 10.1 Å². The van der Waals surface area contributed by atoms with E-state index in [4.69, 9.17) is 10.3 Å². The number of aromatic nitrogens is 6. The lowest BCUT2D eigenvalue weighted by Gasteiger charge is -2.21. The summed E-state index contributed by atoms with van der Waals surface area (Å²) in [5.74, 6) is 1.28. The molecular formula is C24H19N9O2. The summed E-state index contributed by atoms with van der Waals surface area (Å²) >= 11 is 0. The van der Waals surface area contributed by atoms with Crippen molar-refractivity contribution in [3.63, 3.8) is 0 Å². The third kappa shape index (κ3) is 3.83. The molecule has 5 rings (SSSR count). The lowest BCUT2D eigenvalue weighted by molar-refractivity contribution is 0.415. The van der Waals surface area contributed by atoms with Gasteiger partial charge >= 0.3 is 0 Å². The molecule has 0 spiro atoms. The van der Waals surface area contributed by atoms with E-state index >= 15 is 0 Å². The van der Waals surface area contributed by atoms with E-state index < -0.39 is 6.04 Å². The minimum atomic E-state index is -0.475. The smallest absolute Gasteiger partial charge is 0.265 e. The maximum Gasteiger partial charge on any atom is 0.265 e. The maximum absolute atomic E-state index is 14.0. The highest BCUT2D eigenvalue weighted by Gasteiger charge is 2.21. The molecule has 0 saturated carbocycles. The predicted octanol–water partition coefficient (Wildman–Crippen LogP) is 3.16. The van der Waals surface area contributed by atoms with E-state index in [0.717, 1.165) is 10.9 Å². The van der Waals surface area contributed by atoms with Gasteiger partial charge in [-0.2, -0.15) is 5.26 Å². The molecule has 0 fully saturated rings. The molecule has 0 aliphatic rings. The number of benzene rings is 1. The summed E-state index contributed by atoms with van der Waals surface area (Å²) in [5.41, 5.74) is 7.66. The number of aryl methyl sites for hydroxylation is 1. The number of rotatable bonds is 5. The molecular weight excluding hydrogens is 446 g/mol. The van der Waals surface area contributed by atoms with Crippen LogP contribution in [0.1, 0.15) is 30.0 Å². The van der Waals surface area contributed by atoms with Gasteiger partial charge in [-0.1, -0.05) is 23.4 Å². The number of nitrogens with one attached hydrogen (secondary N) is 1. The quantitative estimate of drug-likeness (QED) is 0.394. The van der Waals surface area contributed by atoms with Crippen molar-refractivity contribution in [1.82, 2.24) is 29.7 Å². The Morgan fingerprint density at radius 1 is 1.17 bits per heavy atom. The first-order valence-electron chi connectivity index (χ1n) is 10.6. The molecule has 172 valence electrons. The molecule has 11 nitrogen and oxygen atoms in total. The summed E-state index contributed by atoms with van der Waals surface area (Å²) in [7, 11) is 0. The van der Waals surface area contributed by atoms with Gasteiger partial charge in [0.1, 0.15) is 41.7 Å². The monoisotopic (exact) mass is 465 g/mol. The van der Waals surface area contributed by atoms with Crippen LogP contribution in [0.5, 0.6) is 0 Å². The predicted molar refractivity (Wildman–Crippen MR) is 129 cm³/mol. The van der Waals surface area contributed by atoms with Gasteiger partial charge in [0.05, 0.1) is 17.1 Å². The fourth-order valence-electron chi connectivity index (χ4n) is 3.93. The largest absolute Gasteiger partial charge is 0.382 e. The Morgan fingerprint density at radius 2 is 1.97 bits per heavy atom. The summed E-state index contributed by atoms with van der Waals surface area (Å²) in [6.07, 6.45) is 6.05. The van der Waals surface area contributed by atoms with Crippen LogP contribution in [0.15, 0.2) is 64.6 Å². The van der Waals surface area contributed by atoms with Crippen LogP contribution in [0.3, 0.4) is 0 Å². The number of fused-ring (bicyclic) bond motifs is 1. The number of pyridine rings is 1. The van der Waals surface area contributed by atoms with Crippen LogP contribution in [-0.2, 0) is 0 Å². The minimum Gasteiger partial charge on any atom is -0.382 e. The van der Waals surface area contributed by atoms with Crippen LogP contribution >= 0.6 is 0 Å². The molecule has 0 amide bonds. The first-order chi connectivity index (χ1) is 17.0. The van der Waals surface area contributed by atoms with E-state index in [1.54, 1.807) is 25.4 Å². The Hall–Kier alpha value is -5.11. The number of anilines is 2. The van der Waals surface area contributed by atoms with E-state index in [2.05, 4.69) is 30.4 Å². The third-order valence-corrected chi connectivity index (χ3v) is 5.61. The molecule has 5 aromatic rings. The van der Waals surface area contributed by atoms with Crippen molar-refractivity contribution in [3.05, 3.63) is 82.8 Å². The molecule has 1 unspecified atom stereocenters. The second-order valence-corrected chi connectivity index (χ2v) is 7.82. The highest BCUT2D eigenvalue weighted by Crippen LogP contribution is 2.30. The molecule has 11 heteroatoms. The highest BCUT2D eigenvalue weighted by atomic mass is 16.5. The van der Waals surface area contributed by atoms with Crippen LogP contribution in [-0.4, -0.2) is 29.7 Å². The number of hydrogen-bond acceptors (Lipinski definition) is 10. The van der Waals surface area contributed by atoms with Crippen LogP contribution in [0.25, 0.3) is 27.7 Å². The van der Waals surface area contributed by atoms with E-state index in [1.807, 2.05) is 37.3 Å². The van der Waals surface area contributed by atoms with Crippen molar-refractivity contribution in [1.29, 1.82) is 5.26 Å². The molecule has 4 heterocycles. The summed E-state index contributed by atoms with van der Waals surface area (Å²) in [6.45, 7) is 3.64. The Labute approximate surface area is 198 Å². The molecule has 0 bridgehead atoms. The van der Waals surface area contributed by atoms with Crippen molar-refractivity contribution < 1.29 is 4.52 Å². The van der Waals surface area contributed by atoms with Crippen LogP contribution in [0.2, 0.25) is 0 Å². The number of nitriles is 1. The molecule has 0 aliphatic carbocycles. The number of hydrogen-bond donors (Lipinski definition) is 2. The lowest BCUT2D eigenvalue weighted by Crippen LogP contribution is -2.26. The van der Waals surface area contributed by atoms with Gasteiger partial charge in [0.15, 0.2) is 5.82 Å². The van der Waals surface area contributed by atoms with E-state index in [-0.39, 0.29) is 22.8 Å². The molecule has 0 aliphatic heterocycles. The molecule has 1 aromatic carbocycles. The van der Waals surface area contributed by atoms with Gasteiger partial charge in [-0.25, -0.2) is 19.9 Å². The SMILES string of the molecule is Cc1ncc(-c2cccc3cc(C(C)Nc4ncnc(N)c4C#N)n(-c4ccon4)c(=O)c23)cn1. The summed E-state index contributed by atoms with van der Waals surface area (Å²) < 4.78 is 6.51. The number of nitrogens with two attached hydrogens (primary N) is 1. The maximum atomic E-state index is 14.0. The molecule has 3 N–H and O–H groups in total. The molecule has 1 atom stereocenters. The topological polar surface area (TPSA) is 161 Å². The molecule has 0 radical (unpaired) electrons. The molecule has 4 aromatic heterocycles. The van der Waals surface area contributed by atoms with Crippen molar-refractivity contribution in [2.45, 2.75) is 19.9 Å². The number of nitrogen functional groups attached to an aromatic ring is 1. The average molecular weight is 465 g/mol. The van der Waals surface area contributed by atoms with Gasteiger partial charge in [0.25, 0.3) is 5.56 Å². The fraction of sp³-hybridized carbons (Fsp3) is 0.125. The number of nitrogens with zero attached hydrogens (tertiary/aromatic N) is 7. The van der Waals surface area contributed by atoms with E-state index in [0.29, 0.717) is 28.3 Å². The van der Waals surface area contributed by atoms with Gasteiger partial charge in [-0.05, 0) is 30.9 Å². The standard InChI is InChI=1S/C24H19N9O2/c1-13(31-23-18(9-25)22(26)29-12-30-23)19-8-15-4-3-5-17(16-10-27-14(2)28-11-16)21(15)24(34)33(19)20-6-7-35-32-20/h3-8,10-13H,1-2H3,(H3,26,29,30,31). The molecule has 0 saturated heterocycles. The summed E-state index contributed by atoms with van der Waals surface area (Å²) in [4.78, 5) is 30.5. The molecule has 35 heavy (non-hydrogen) atoms. The zero-order chi connectivity index (χ0) is 24.5. The normalized spacial score (nSPS) is 11.8. The van der Waals surface area contributed by atoms with Crippen molar-refractivity contribution in [2.75, 3.05) is 11.1 Å². The van der Waals surface area contributed by atoms with Gasteiger partial charge in [-0.3, -0.25) is 9.36 Å². The Bertz CT molecular complexity index is 1640. The Kier molecular flexibility index (Phi) is 5.39. The zero-order valence-corrected chi connectivity index (χ0v) is 18.8.